The van der Waals surface area contributed by atoms with Crippen molar-refractivity contribution in [1.82, 2.24) is 4.98 Å². The number of anilines is 1. The minimum atomic E-state index is -0.104. The highest BCUT2D eigenvalue weighted by Crippen LogP contribution is 2.33. The number of pyridine rings is 1. The van der Waals surface area contributed by atoms with E-state index in [1.807, 2.05) is 36.4 Å². The zero-order chi connectivity index (χ0) is 14.7. The fourth-order valence-electron chi connectivity index (χ4n) is 1.97. The van der Waals surface area contributed by atoms with Crippen LogP contribution in [-0.4, -0.2) is 12.1 Å². The number of methoxy groups -OCH3 is 1. The van der Waals surface area contributed by atoms with E-state index in [4.69, 9.17) is 20.8 Å². The van der Waals surface area contributed by atoms with E-state index in [0.29, 0.717) is 5.88 Å². The molecule has 3 rings (SSSR count). The van der Waals surface area contributed by atoms with Crippen molar-refractivity contribution < 1.29 is 9.15 Å². The largest absolute Gasteiger partial charge is 0.481 e. The summed E-state index contributed by atoms with van der Waals surface area (Å²) in [5.41, 5.74) is 0.877. The molecule has 0 bridgehead atoms. The van der Waals surface area contributed by atoms with Gasteiger partial charge < -0.3 is 14.5 Å². The second kappa shape index (κ2) is 6.20. The van der Waals surface area contributed by atoms with Crippen LogP contribution < -0.4 is 10.1 Å². The molecule has 0 saturated carbocycles. The first kappa shape index (κ1) is 14.0. The molecular formula is C15H13ClN2O2S. The Hall–Kier alpha value is -1.98. The second-order valence-corrected chi connectivity index (χ2v) is 6.07. The molecule has 1 atom stereocenters. The summed E-state index contributed by atoms with van der Waals surface area (Å²) >= 11 is 7.56. The molecule has 0 aliphatic heterocycles. The summed E-state index contributed by atoms with van der Waals surface area (Å²) in [5, 5.41) is 3.40. The molecule has 0 aliphatic carbocycles. The van der Waals surface area contributed by atoms with Crippen molar-refractivity contribution in [2.45, 2.75) is 6.04 Å². The van der Waals surface area contributed by atoms with Gasteiger partial charge in [-0.05, 0) is 30.3 Å². The van der Waals surface area contributed by atoms with Gasteiger partial charge in [0.05, 0.1) is 29.6 Å². The number of nitrogens with one attached hydrogen (secondary N) is 1. The topological polar surface area (TPSA) is 47.3 Å². The van der Waals surface area contributed by atoms with Gasteiger partial charge in [0.2, 0.25) is 5.88 Å². The van der Waals surface area contributed by atoms with E-state index in [9.17, 15) is 0 Å². The third kappa shape index (κ3) is 3.20. The zero-order valence-corrected chi connectivity index (χ0v) is 12.8. The van der Waals surface area contributed by atoms with Crippen molar-refractivity contribution >= 4 is 28.6 Å². The number of nitrogens with zero attached hydrogens (tertiary/aromatic N) is 1. The molecule has 0 radical (unpaired) electrons. The molecule has 0 saturated heterocycles. The fraction of sp³-hybridized carbons (Fsp3) is 0.133. The van der Waals surface area contributed by atoms with Crippen LogP contribution in [0.15, 0.2) is 53.3 Å². The number of ether oxygens (including phenoxy) is 1. The first-order valence-electron chi connectivity index (χ1n) is 6.31. The predicted molar refractivity (Wildman–Crippen MR) is 84.3 cm³/mol. The standard InChI is InChI=1S/C15H13ClN2O2S/c1-19-14-7-4-10(9-17-14)18-15(11-3-2-8-20-11)12-5-6-13(16)21-12/h2-9,15,18H,1H3. The van der Waals surface area contributed by atoms with E-state index in [0.717, 1.165) is 20.7 Å². The lowest BCUT2D eigenvalue weighted by Crippen LogP contribution is -2.10. The highest BCUT2D eigenvalue weighted by molar-refractivity contribution is 7.16. The summed E-state index contributed by atoms with van der Waals surface area (Å²) in [4.78, 5) is 5.27. The molecule has 6 heteroatoms. The van der Waals surface area contributed by atoms with E-state index in [1.54, 1.807) is 19.6 Å². The Morgan fingerprint density at radius 3 is 2.76 bits per heavy atom. The van der Waals surface area contributed by atoms with Crippen molar-refractivity contribution in [2.75, 3.05) is 12.4 Å². The molecule has 0 spiro atoms. The zero-order valence-electron chi connectivity index (χ0n) is 11.2. The van der Waals surface area contributed by atoms with E-state index < -0.39 is 0 Å². The Labute approximate surface area is 131 Å². The number of rotatable bonds is 5. The summed E-state index contributed by atoms with van der Waals surface area (Å²) in [5.74, 6) is 1.40. The summed E-state index contributed by atoms with van der Waals surface area (Å²) in [6.45, 7) is 0. The van der Waals surface area contributed by atoms with Crippen LogP contribution in [0.4, 0.5) is 5.69 Å². The number of furan rings is 1. The van der Waals surface area contributed by atoms with E-state index >= 15 is 0 Å². The van der Waals surface area contributed by atoms with Gasteiger partial charge in [0, 0.05) is 10.9 Å². The van der Waals surface area contributed by atoms with Crippen LogP contribution in [0.25, 0.3) is 0 Å². The molecule has 1 unspecified atom stereocenters. The Morgan fingerprint density at radius 1 is 1.29 bits per heavy atom. The summed E-state index contributed by atoms with van der Waals surface area (Å²) < 4.78 is 11.3. The Morgan fingerprint density at radius 2 is 2.19 bits per heavy atom. The lowest BCUT2D eigenvalue weighted by molar-refractivity contribution is 0.398. The van der Waals surface area contributed by atoms with E-state index in [-0.39, 0.29) is 6.04 Å². The first-order chi connectivity index (χ1) is 10.3. The van der Waals surface area contributed by atoms with Crippen molar-refractivity contribution in [3.8, 4) is 5.88 Å². The van der Waals surface area contributed by atoms with Crippen LogP contribution in [-0.2, 0) is 0 Å². The molecule has 0 amide bonds. The van der Waals surface area contributed by atoms with Crippen LogP contribution in [0.2, 0.25) is 4.34 Å². The van der Waals surface area contributed by atoms with E-state index in [2.05, 4.69) is 10.3 Å². The maximum absolute atomic E-state index is 6.04. The Balaban J connectivity index is 1.88. The Bertz CT molecular complexity index is 695. The fourth-order valence-corrected chi connectivity index (χ4v) is 3.10. The summed E-state index contributed by atoms with van der Waals surface area (Å²) in [6.07, 6.45) is 3.38. The normalized spacial score (nSPS) is 12.1. The highest BCUT2D eigenvalue weighted by atomic mass is 35.5. The minimum absolute atomic E-state index is 0.104. The van der Waals surface area contributed by atoms with Gasteiger partial charge >= 0.3 is 0 Å². The second-order valence-electron chi connectivity index (χ2n) is 4.32. The molecule has 0 fully saturated rings. The maximum atomic E-state index is 6.04. The van der Waals surface area contributed by atoms with Crippen molar-refractivity contribution in [3.63, 3.8) is 0 Å². The lowest BCUT2D eigenvalue weighted by atomic mass is 10.2. The van der Waals surface area contributed by atoms with Crippen molar-refractivity contribution in [1.29, 1.82) is 0 Å². The van der Waals surface area contributed by atoms with Gasteiger partial charge in [0.1, 0.15) is 11.8 Å². The number of hydrogen-bond donors (Lipinski definition) is 1. The summed E-state index contributed by atoms with van der Waals surface area (Å²) in [7, 11) is 1.59. The van der Waals surface area contributed by atoms with Gasteiger partial charge in [-0.25, -0.2) is 4.98 Å². The van der Waals surface area contributed by atoms with Crippen LogP contribution in [0, 0.1) is 0 Å². The molecule has 0 aliphatic rings. The number of halogens is 1. The van der Waals surface area contributed by atoms with Gasteiger partial charge in [-0.15, -0.1) is 11.3 Å². The van der Waals surface area contributed by atoms with Gasteiger partial charge in [0.25, 0.3) is 0 Å². The monoisotopic (exact) mass is 320 g/mol. The maximum Gasteiger partial charge on any atom is 0.213 e. The number of thiophene rings is 1. The van der Waals surface area contributed by atoms with Crippen LogP contribution in [0.3, 0.4) is 0 Å². The average Bonchev–Trinajstić information content (AvgIpc) is 3.17. The predicted octanol–water partition coefficient (Wildman–Crippen LogP) is 4.60. The van der Waals surface area contributed by atoms with Crippen molar-refractivity contribution in [2.24, 2.45) is 0 Å². The van der Waals surface area contributed by atoms with Crippen LogP contribution in [0.1, 0.15) is 16.7 Å². The summed E-state index contributed by atoms with van der Waals surface area (Å²) in [6, 6.07) is 11.3. The smallest absolute Gasteiger partial charge is 0.213 e. The number of hydrogen-bond acceptors (Lipinski definition) is 5. The van der Waals surface area contributed by atoms with Crippen molar-refractivity contribution in [3.05, 3.63) is 63.8 Å². The average molecular weight is 321 g/mol. The minimum Gasteiger partial charge on any atom is -0.481 e. The SMILES string of the molecule is COc1ccc(NC(c2ccco2)c2ccc(Cl)s2)cn1. The molecule has 1 N–H and O–H groups in total. The number of aromatic nitrogens is 1. The van der Waals surface area contributed by atoms with Crippen LogP contribution >= 0.6 is 22.9 Å². The first-order valence-corrected chi connectivity index (χ1v) is 7.51. The molecule has 3 aromatic rings. The molecular weight excluding hydrogens is 308 g/mol. The molecule has 0 aromatic carbocycles. The van der Waals surface area contributed by atoms with Crippen LogP contribution in [0.5, 0.6) is 5.88 Å². The quantitative estimate of drug-likeness (QED) is 0.746. The van der Waals surface area contributed by atoms with Gasteiger partial charge in [0.15, 0.2) is 0 Å². The molecule has 4 nitrogen and oxygen atoms in total. The van der Waals surface area contributed by atoms with Gasteiger partial charge in [-0.2, -0.15) is 0 Å². The third-order valence-electron chi connectivity index (χ3n) is 2.96. The van der Waals surface area contributed by atoms with E-state index in [1.165, 1.54) is 11.3 Å². The highest BCUT2D eigenvalue weighted by Gasteiger charge is 2.19. The molecule has 3 heterocycles. The van der Waals surface area contributed by atoms with Gasteiger partial charge in [-0.3, -0.25) is 0 Å². The molecule has 3 aromatic heterocycles. The third-order valence-corrected chi connectivity index (χ3v) is 4.26. The Kier molecular flexibility index (Phi) is 4.13. The molecule has 21 heavy (non-hydrogen) atoms. The van der Waals surface area contributed by atoms with Gasteiger partial charge in [-0.1, -0.05) is 11.6 Å². The lowest BCUT2D eigenvalue weighted by Gasteiger charge is -2.16. The molecule has 108 valence electrons.